The molecule has 0 aliphatic carbocycles. The first-order chi connectivity index (χ1) is 6.89. The van der Waals surface area contributed by atoms with E-state index >= 15 is 0 Å². The van der Waals surface area contributed by atoms with E-state index < -0.39 is 5.60 Å². The first-order valence-electron chi connectivity index (χ1n) is 5.65. The maximum Gasteiger partial charge on any atom is 0.0648 e. The smallest absolute Gasteiger partial charge is 0.0648 e. The molecule has 1 aromatic carbocycles. The van der Waals surface area contributed by atoms with E-state index in [0.717, 1.165) is 12.8 Å². The third-order valence-corrected chi connectivity index (χ3v) is 3.69. The summed E-state index contributed by atoms with van der Waals surface area (Å²) in [6.07, 6.45) is 1.90. The van der Waals surface area contributed by atoms with Crippen LogP contribution in [0.15, 0.2) is 30.3 Å². The fourth-order valence-electron chi connectivity index (χ4n) is 1.82. The molecule has 0 fully saturated rings. The second kappa shape index (κ2) is 4.36. The molecule has 1 unspecified atom stereocenters. The molecule has 1 N–H and O–H groups in total. The van der Waals surface area contributed by atoms with Crippen molar-refractivity contribution in [2.24, 2.45) is 5.41 Å². The van der Waals surface area contributed by atoms with E-state index in [9.17, 15) is 5.11 Å². The first-order valence-corrected chi connectivity index (χ1v) is 5.65. The lowest BCUT2D eigenvalue weighted by Crippen LogP contribution is -2.42. The van der Waals surface area contributed by atoms with Crippen LogP contribution < -0.4 is 0 Å². The molecule has 0 spiro atoms. The molecule has 0 amide bonds. The largest absolute Gasteiger partial charge is 0.390 e. The van der Waals surface area contributed by atoms with E-state index in [2.05, 4.69) is 38.1 Å². The molecule has 0 saturated heterocycles. The molecule has 0 aliphatic heterocycles. The monoisotopic (exact) mass is 206 g/mol. The highest BCUT2D eigenvalue weighted by molar-refractivity contribution is 5.17. The fourth-order valence-corrected chi connectivity index (χ4v) is 1.82. The van der Waals surface area contributed by atoms with Crippen molar-refractivity contribution in [1.82, 2.24) is 0 Å². The predicted octanol–water partition coefficient (Wildman–Crippen LogP) is 3.42. The minimum absolute atomic E-state index is 0.0612. The van der Waals surface area contributed by atoms with E-state index in [4.69, 9.17) is 0 Å². The van der Waals surface area contributed by atoms with E-state index in [-0.39, 0.29) is 5.41 Å². The van der Waals surface area contributed by atoms with Gasteiger partial charge in [0.2, 0.25) is 0 Å². The summed E-state index contributed by atoms with van der Waals surface area (Å²) in [5, 5.41) is 10.2. The Hall–Kier alpha value is -0.820. The van der Waals surface area contributed by atoms with Crippen LogP contribution in [-0.4, -0.2) is 10.7 Å². The molecule has 1 heteroatoms. The predicted molar refractivity (Wildman–Crippen MR) is 64.8 cm³/mol. The highest BCUT2D eigenvalue weighted by Gasteiger charge is 2.37. The third kappa shape index (κ3) is 2.82. The van der Waals surface area contributed by atoms with Gasteiger partial charge in [0.15, 0.2) is 0 Å². The molecule has 0 aromatic heterocycles. The van der Waals surface area contributed by atoms with Crippen LogP contribution in [-0.2, 0) is 6.42 Å². The minimum atomic E-state index is -0.641. The lowest BCUT2D eigenvalue weighted by atomic mass is 9.69. The van der Waals surface area contributed by atoms with Crippen LogP contribution in [0.1, 0.15) is 39.7 Å². The van der Waals surface area contributed by atoms with Gasteiger partial charge in [-0.1, -0.05) is 44.2 Å². The second-order valence-corrected chi connectivity index (χ2v) is 5.14. The molecule has 0 aliphatic rings. The van der Waals surface area contributed by atoms with E-state index in [1.165, 1.54) is 5.56 Å². The Morgan fingerprint density at radius 1 is 1.07 bits per heavy atom. The standard InChI is InChI=1S/C14H22O/c1-5-14(4,13(2,3)15)11-12-9-7-6-8-10-12/h6-10,15H,5,11H2,1-4H3. The van der Waals surface area contributed by atoms with Crippen molar-refractivity contribution in [3.63, 3.8) is 0 Å². The fraction of sp³-hybridized carbons (Fsp3) is 0.571. The summed E-state index contributed by atoms with van der Waals surface area (Å²) in [4.78, 5) is 0. The van der Waals surface area contributed by atoms with Crippen LogP contribution >= 0.6 is 0 Å². The average Bonchev–Trinajstić information content (AvgIpc) is 2.17. The van der Waals surface area contributed by atoms with Crippen LogP contribution in [0.25, 0.3) is 0 Å². The number of hydrogen-bond acceptors (Lipinski definition) is 1. The van der Waals surface area contributed by atoms with Gasteiger partial charge >= 0.3 is 0 Å². The molecule has 15 heavy (non-hydrogen) atoms. The van der Waals surface area contributed by atoms with Crippen molar-refractivity contribution in [2.45, 2.75) is 46.1 Å². The third-order valence-electron chi connectivity index (χ3n) is 3.69. The summed E-state index contributed by atoms with van der Waals surface area (Å²) in [6.45, 7) is 8.10. The quantitative estimate of drug-likeness (QED) is 0.800. The Morgan fingerprint density at radius 2 is 1.60 bits per heavy atom. The van der Waals surface area contributed by atoms with Crippen molar-refractivity contribution in [2.75, 3.05) is 0 Å². The minimum Gasteiger partial charge on any atom is -0.390 e. The molecule has 0 radical (unpaired) electrons. The van der Waals surface area contributed by atoms with Gasteiger partial charge in [0.1, 0.15) is 0 Å². The Balaban J connectivity index is 2.87. The van der Waals surface area contributed by atoms with Gasteiger partial charge in [-0.2, -0.15) is 0 Å². The van der Waals surface area contributed by atoms with Gasteiger partial charge in [0.05, 0.1) is 5.60 Å². The summed E-state index contributed by atoms with van der Waals surface area (Å²) in [5.74, 6) is 0. The molecular weight excluding hydrogens is 184 g/mol. The summed E-state index contributed by atoms with van der Waals surface area (Å²) in [7, 11) is 0. The Labute approximate surface area is 93.1 Å². The summed E-state index contributed by atoms with van der Waals surface area (Å²) >= 11 is 0. The lowest BCUT2D eigenvalue weighted by molar-refractivity contribution is -0.0476. The summed E-state index contributed by atoms with van der Waals surface area (Å²) in [6, 6.07) is 10.4. The van der Waals surface area contributed by atoms with Crippen LogP contribution in [0.3, 0.4) is 0 Å². The zero-order chi connectivity index (χ0) is 11.5. The zero-order valence-corrected chi connectivity index (χ0v) is 10.2. The summed E-state index contributed by atoms with van der Waals surface area (Å²) < 4.78 is 0. The molecule has 1 rings (SSSR count). The SMILES string of the molecule is CCC(C)(Cc1ccccc1)C(C)(C)O. The van der Waals surface area contributed by atoms with Crippen molar-refractivity contribution in [3.8, 4) is 0 Å². The average molecular weight is 206 g/mol. The molecule has 0 saturated carbocycles. The van der Waals surface area contributed by atoms with Crippen molar-refractivity contribution < 1.29 is 5.11 Å². The zero-order valence-electron chi connectivity index (χ0n) is 10.2. The number of rotatable bonds is 4. The van der Waals surface area contributed by atoms with Crippen LogP contribution in [0.2, 0.25) is 0 Å². The molecule has 1 nitrogen and oxygen atoms in total. The van der Waals surface area contributed by atoms with E-state index in [1.54, 1.807) is 0 Å². The van der Waals surface area contributed by atoms with Crippen LogP contribution in [0.5, 0.6) is 0 Å². The van der Waals surface area contributed by atoms with Gasteiger partial charge in [-0.3, -0.25) is 0 Å². The van der Waals surface area contributed by atoms with Gasteiger partial charge in [-0.05, 0) is 37.7 Å². The Kier molecular flexibility index (Phi) is 3.56. The maximum absolute atomic E-state index is 10.2. The van der Waals surface area contributed by atoms with Crippen LogP contribution in [0.4, 0.5) is 0 Å². The topological polar surface area (TPSA) is 20.2 Å². The highest BCUT2D eigenvalue weighted by Crippen LogP contribution is 2.37. The number of hydrogen-bond donors (Lipinski definition) is 1. The van der Waals surface area contributed by atoms with Gasteiger partial charge in [0.25, 0.3) is 0 Å². The second-order valence-electron chi connectivity index (χ2n) is 5.14. The van der Waals surface area contributed by atoms with Crippen molar-refractivity contribution >= 4 is 0 Å². The van der Waals surface area contributed by atoms with E-state index in [0.29, 0.717) is 0 Å². The highest BCUT2D eigenvalue weighted by atomic mass is 16.3. The van der Waals surface area contributed by atoms with E-state index in [1.807, 2.05) is 19.9 Å². The molecule has 1 aromatic rings. The van der Waals surface area contributed by atoms with Gasteiger partial charge in [-0.15, -0.1) is 0 Å². The van der Waals surface area contributed by atoms with Gasteiger partial charge in [0, 0.05) is 0 Å². The van der Waals surface area contributed by atoms with Crippen molar-refractivity contribution in [3.05, 3.63) is 35.9 Å². The Morgan fingerprint density at radius 3 is 2.00 bits per heavy atom. The maximum atomic E-state index is 10.2. The Bertz CT molecular complexity index is 297. The molecule has 84 valence electrons. The van der Waals surface area contributed by atoms with Crippen molar-refractivity contribution in [1.29, 1.82) is 0 Å². The number of aliphatic hydroxyl groups is 1. The number of benzene rings is 1. The molecule has 0 heterocycles. The summed E-state index contributed by atoms with van der Waals surface area (Å²) in [5.41, 5.74) is 0.593. The normalized spacial score (nSPS) is 16.1. The molecule has 0 bridgehead atoms. The molecular formula is C14H22O. The lowest BCUT2D eigenvalue weighted by Gasteiger charge is -2.40. The molecule has 1 atom stereocenters. The van der Waals surface area contributed by atoms with Gasteiger partial charge in [-0.25, -0.2) is 0 Å². The van der Waals surface area contributed by atoms with Gasteiger partial charge < -0.3 is 5.11 Å². The van der Waals surface area contributed by atoms with Crippen LogP contribution in [0, 0.1) is 5.41 Å². The first kappa shape index (κ1) is 12.3.